The van der Waals surface area contributed by atoms with Crippen molar-refractivity contribution in [1.29, 1.82) is 0 Å². The summed E-state index contributed by atoms with van der Waals surface area (Å²) in [6, 6.07) is 0. The third kappa shape index (κ3) is 24.0. The number of aliphatic hydroxyl groups excluding tert-OH is 3. The van der Waals surface area contributed by atoms with Crippen LogP contribution in [0.1, 0.15) is 34.1 Å². The van der Waals surface area contributed by atoms with Crippen molar-refractivity contribution in [3.8, 4) is 0 Å². The van der Waals surface area contributed by atoms with E-state index in [0.717, 1.165) is 18.2 Å². The Hall–Kier alpha value is -4.08. The Morgan fingerprint density at radius 2 is 0.821 bits per heavy atom. The molecule has 0 fully saturated rings. The second kappa shape index (κ2) is 24.3. The zero-order chi connectivity index (χ0) is 31.8. The highest BCUT2D eigenvalue weighted by Gasteiger charge is 2.25. The van der Waals surface area contributed by atoms with Gasteiger partial charge in [-0.25, -0.2) is 28.8 Å². The topological polar surface area (TPSA) is 251 Å². The minimum atomic E-state index is -1.17. The molecule has 0 amide bonds. The van der Waals surface area contributed by atoms with Crippen molar-refractivity contribution in [3.63, 3.8) is 0 Å². The quantitative estimate of drug-likeness (QED) is 0.0969. The Morgan fingerprint density at radius 3 is 0.897 bits per heavy atom. The molecule has 0 aromatic heterocycles. The SMILES string of the molecule is C=CC(=O)OC(C)C(=O)O.C=CC(=O)OC(C)C(=O)O.C=CC(=O)OC(C)C(=O)O.CCC(CO)(CO)CO. The minimum absolute atomic E-state index is 0.156. The van der Waals surface area contributed by atoms with Crippen molar-refractivity contribution in [2.24, 2.45) is 5.41 Å². The van der Waals surface area contributed by atoms with E-state index in [9.17, 15) is 28.8 Å². The van der Waals surface area contributed by atoms with Gasteiger partial charge in [-0.2, -0.15) is 0 Å². The normalized spacial score (nSPS) is 11.8. The van der Waals surface area contributed by atoms with E-state index in [1.807, 2.05) is 6.92 Å². The molecule has 0 heterocycles. The molecule has 0 rings (SSSR count). The monoisotopic (exact) mass is 566 g/mol. The van der Waals surface area contributed by atoms with E-state index < -0.39 is 59.5 Å². The minimum Gasteiger partial charge on any atom is -0.479 e. The van der Waals surface area contributed by atoms with Gasteiger partial charge in [-0.05, 0) is 27.2 Å². The number of esters is 3. The van der Waals surface area contributed by atoms with Crippen molar-refractivity contribution < 1.29 is 73.6 Å². The Morgan fingerprint density at radius 1 is 0.615 bits per heavy atom. The van der Waals surface area contributed by atoms with Crippen LogP contribution in [0, 0.1) is 5.41 Å². The first-order valence-corrected chi connectivity index (χ1v) is 11.0. The van der Waals surface area contributed by atoms with Crippen LogP contribution in [0.3, 0.4) is 0 Å². The van der Waals surface area contributed by atoms with Gasteiger partial charge in [0.25, 0.3) is 0 Å². The van der Waals surface area contributed by atoms with Gasteiger partial charge in [0.1, 0.15) is 0 Å². The van der Waals surface area contributed by atoms with E-state index in [2.05, 4.69) is 33.9 Å². The zero-order valence-electron chi connectivity index (χ0n) is 22.3. The fraction of sp³-hybridized carbons (Fsp3) is 0.500. The number of hydrogen-bond acceptors (Lipinski definition) is 12. The van der Waals surface area contributed by atoms with Crippen LogP contribution in [0.25, 0.3) is 0 Å². The third-order valence-electron chi connectivity index (χ3n) is 4.18. The molecular weight excluding hydrogens is 528 g/mol. The summed E-state index contributed by atoms with van der Waals surface area (Å²) >= 11 is 0. The van der Waals surface area contributed by atoms with E-state index in [0.29, 0.717) is 6.42 Å². The average molecular weight is 567 g/mol. The zero-order valence-corrected chi connectivity index (χ0v) is 22.3. The first-order chi connectivity index (χ1) is 18.0. The second-order valence-corrected chi connectivity index (χ2v) is 7.19. The molecule has 0 spiro atoms. The third-order valence-corrected chi connectivity index (χ3v) is 4.18. The number of aliphatic carboxylic acids is 3. The molecule has 0 aromatic rings. The molecule has 0 saturated carbocycles. The predicted molar refractivity (Wildman–Crippen MR) is 134 cm³/mol. The maximum absolute atomic E-state index is 10.3. The molecule has 0 bridgehead atoms. The Kier molecular flexibility index (Phi) is 26.2. The first kappa shape index (κ1) is 42.0. The summed E-state index contributed by atoms with van der Waals surface area (Å²) in [5.74, 6) is -5.69. The Bertz CT molecular complexity index is 706. The van der Waals surface area contributed by atoms with Gasteiger partial charge in [0.2, 0.25) is 0 Å². The summed E-state index contributed by atoms with van der Waals surface area (Å²) in [7, 11) is 0. The summed E-state index contributed by atoms with van der Waals surface area (Å²) in [6.45, 7) is 14.5. The summed E-state index contributed by atoms with van der Waals surface area (Å²) in [4.78, 5) is 61.1. The number of hydrogen-bond donors (Lipinski definition) is 6. The van der Waals surface area contributed by atoms with Crippen molar-refractivity contribution >= 4 is 35.8 Å². The van der Waals surface area contributed by atoms with Crippen LogP contribution in [0.5, 0.6) is 0 Å². The van der Waals surface area contributed by atoms with E-state index in [4.69, 9.17) is 30.6 Å². The number of carbonyl (C=O) groups is 6. The van der Waals surface area contributed by atoms with Crippen LogP contribution in [0.15, 0.2) is 38.0 Å². The van der Waals surface area contributed by atoms with Gasteiger partial charge in [0.15, 0.2) is 18.3 Å². The van der Waals surface area contributed by atoms with Gasteiger partial charge in [-0.15, -0.1) is 0 Å². The van der Waals surface area contributed by atoms with E-state index in [1.165, 1.54) is 20.8 Å². The summed E-state index contributed by atoms with van der Waals surface area (Å²) in [5.41, 5.74) is -0.667. The smallest absolute Gasteiger partial charge is 0.344 e. The predicted octanol–water partition coefficient (Wildman–Crippen LogP) is -0.0742. The van der Waals surface area contributed by atoms with Crippen LogP contribution >= 0.6 is 0 Å². The second-order valence-electron chi connectivity index (χ2n) is 7.19. The van der Waals surface area contributed by atoms with Crippen LogP contribution in [-0.2, 0) is 43.0 Å². The van der Waals surface area contributed by atoms with Crippen LogP contribution in [0.4, 0.5) is 0 Å². The number of aliphatic hydroxyl groups is 3. The molecule has 224 valence electrons. The van der Waals surface area contributed by atoms with Gasteiger partial charge < -0.3 is 44.8 Å². The number of carboxylic acid groups (broad SMARTS) is 3. The number of carboxylic acids is 3. The highest BCUT2D eigenvalue weighted by molar-refractivity contribution is 5.85. The lowest BCUT2D eigenvalue weighted by molar-refractivity contribution is -0.159. The molecule has 0 aliphatic heterocycles. The molecule has 3 atom stereocenters. The molecule has 15 heteroatoms. The fourth-order valence-electron chi connectivity index (χ4n) is 1.30. The van der Waals surface area contributed by atoms with Crippen LogP contribution in [0.2, 0.25) is 0 Å². The molecule has 0 saturated heterocycles. The maximum atomic E-state index is 10.3. The van der Waals surface area contributed by atoms with E-state index in [1.54, 1.807) is 0 Å². The van der Waals surface area contributed by atoms with Crippen molar-refractivity contribution in [2.75, 3.05) is 19.8 Å². The lowest BCUT2D eigenvalue weighted by Gasteiger charge is -2.24. The molecule has 0 aliphatic rings. The Labute approximate surface area is 225 Å². The van der Waals surface area contributed by atoms with Gasteiger partial charge in [-0.1, -0.05) is 26.7 Å². The number of rotatable bonds is 13. The van der Waals surface area contributed by atoms with Crippen molar-refractivity contribution in [1.82, 2.24) is 0 Å². The van der Waals surface area contributed by atoms with E-state index >= 15 is 0 Å². The van der Waals surface area contributed by atoms with E-state index in [-0.39, 0.29) is 19.8 Å². The summed E-state index contributed by atoms with van der Waals surface area (Å²) < 4.78 is 12.9. The maximum Gasteiger partial charge on any atom is 0.344 e. The first-order valence-electron chi connectivity index (χ1n) is 11.0. The largest absolute Gasteiger partial charge is 0.479 e. The summed E-state index contributed by atoms with van der Waals surface area (Å²) in [5, 5.41) is 50.6. The molecule has 3 unspecified atom stereocenters. The molecular formula is C24H38O15. The molecule has 0 aliphatic carbocycles. The highest BCUT2D eigenvalue weighted by atomic mass is 16.6. The highest BCUT2D eigenvalue weighted by Crippen LogP contribution is 2.18. The van der Waals surface area contributed by atoms with Crippen molar-refractivity contribution in [2.45, 2.75) is 52.4 Å². The Balaban J connectivity index is -0.000000210. The standard InChI is InChI=1S/3C6H8O4.C6H14O3/c3*1-3-5(7)10-4(2)6(8)9;1-2-6(3-7,4-8)5-9/h3*3-4H,1H2,2H3,(H,8,9);7-9H,2-5H2,1H3. The molecule has 0 radical (unpaired) electrons. The number of ether oxygens (including phenoxy) is 3. The molecule has 6 N–H and O–H groups in total. The number of carbonyl (C=O) groups excluding carboxylic acids is 3. The lowest BCUT2D eigenvalue weighted by atomic mass is 9.88. The van der Waals surface area contributed by atoms with Crippen molar-refractivity contribution in [3.05, 3.63) is 38.0 Å². The lowest BCUT2D eigenvalue weighted by Crippen LogP contribution is -2.32. The molecule has 39 heavy (non-hydrogen) atoms. The van der Waals surface area contributed by atoms with Gasteiger partial charge in [-0.3, -0.25) is 0 Å². The van der Waals surface area contributed by atoms with Gasteiger partial charge in [0.05, 0.1) is 19.8 Å². The van der Waals surface area contributed by atoms with Gasteiger partial charge >= 0.3 is 35.8 Å². The fourth-order valence-corrected chi connectivity index (χ4v) is 1.30. The van der Waals surface area contributed by atoms with Crippen LogP contribution < -0.4 is 0 Å². The molecule has 0 aromatic carbocycles. The van der Waals surface area contributed by atoms with Crippen LogP contribution in [-0.4, -0.2) is 105 Å². The average Bonchev–Trinajstić information content (AvgIpc) is 2.90. The molecule has 15 nitrogen and oxygen atoms in total. The van der Waals surface area contributed by atoms with Gasteiger partial charge in [0, 0.05) is 23.6 Å². The summed E-state index contributed by atoms with van der Waals surface area (Å²) in [6.07, 6.45) is 0.0240.